The number of halogens is 2. The molecule has 0 amide bonds. The Balaban J connectivity index is 1.89. The van der Waals surface area contributed by atoms with Crippen molar-refractivity contribution in [3.8, 4) is 6.07 Å². The molecule has 5 rings (SSSR count). The van der Waals surface area contributed by atoms with Gasteiger partial charge in [0, 0.05) is 25.7 Å². The third kappa shape index (κ3) is 4.68. The van der Waals surface area contributed by atoms with Crippen LogP contribution in [0.15, 0.2) is 58.3 Å². The summed E-state index contributed by atoms with van der Waals surface area (Å²) in [6.45, 7) is 7.93. The Morgan fingerprint density at radius 1 is 1.08 bits per heavy atom. The van der Waals surface area contributed by atoms with E-state index in [0.29, 0.717) is 41.8 Å². The SMILES string of the molecule is Cc1nn(CCC#N)c2c1[P@@](=Nc1c(Cl)cccc1Cl)(N1C[C@@H](C)O[C@@H](C)C1)N(C)C(c1ccccc1)=N2. The highest BCUT2D eigenvalue weighted by Crippen LogP contribution is 2.63. The molecule has 2 aliphatic rings. The molecule has 3 heterocycles. The fraction of sp³-hybridized carbons (Fsp3) is 0.370. The molecule has 0 saturated carbocycles. The number of ether oxygens (including phenoxy) is 1. The standard InChI is InChI=1S/C27H30Cl2N7OP/c1-18-16-35(17-19(2)37-18)38(33-24-22(28)12-8-13-23(24)29)25-20(3)32-36(15-9-14-30)27(25)31-26(34(38)4)21-10-6-5-7-11-21/h5-8,10-13,18-19H,9,15-17H2,1-4H3/t18-,19+,38-/m0/s1. The summed E-state index contributed by atoms with van der Waals surface area (Å²) in [6.07, 6.45) is 0.319. The summed E-state index contributed by atoms with van der Waals surface area (Å²) in [6, 6.07) is 17.8. The summed E-state index contributed by atoms with van der Waals surface area (Å²) in [5.74, 6) is 1.50. The average molecular weight is 570 g/mol. The van der Waals surface area contributed by atoms with Crippen molar-refractivity contribution in [2.75, 3.05) is 20.1 Å². The van der Waals surface area contributed by atoms with Crippen LogP contribution in [-0.2, 0) is 11.3 Å². The van der Waals surface area contributed by atoms with Crippen molar-refractivity contribution in [1.29, 1.82) is 5.26 Å². The van der Waals surface area contributed by atoms with Crippen LogP contribution in [0.4, 0.5) is 11.5 Å². The van der Waals surface area contributed by atoms with Gasteiger partial charge < -0.3 is 9.41 Å². The van der Waals surface area contributed by atoms with Crippen LogP contribution < -0.4 is 5.30 Å². The molecule has 11 heteroatoms. The second-order valence-corrected chi connectivity index (χ2v) is 13.3. The summed E-state index contributed by atoms with van der Waals surface area (Å²) < 4.78 is 18.2. The Hall–Kier alpha value is -2.66. The molecule has 0 unspecified atom stereocenters. The first-order valence-electron chi connectivity index (χ1n) is 12.6. The van der Waals surface area contributed by atoms with Gasteiger partial charge in [-0.15, -0.1) is 0 Å². The van der Waals surface area contributed by atoms with Gasteiger partial charge in [-0.2, -0.15) is 10.4 Å². The molecule has 38 heavy (non-hydrogen) atoms. The fourth-order valence-electron chi connectivity index (χ4n) is 5.24. The Labute approximate surface area is 233 Å². The Morgan fingerprint density at radius 3 is 2.37 bits per heavy atom. The van der Waals surface area contributed by atoms with E-state index in [1.807, 2.05) is 67.2 Å². The average Bonchev–Trinajstić information content (AvgIpc) is 3.21. The monoisotopic (exact) mass is 569 g/mol. The lowest BCUT2D eigenvalue weighted by atomic mass is 10.2. The highest BCUT2D eigenvalue weighted by atomic mass is 35.5. The molecule has 3 atom stereocenters. The number of aliphatic imine (C=N–C) groups is 1. The number of benzene rings is 2. The Morgan fingerprint density at radius 2 is 1.74 bits per heavy atom. The lowest BCUT2D eigenvalue weighted by Gasteiger charge is -2.49. The van der Waals surface area contributed by atoms with Crippen molar-refractivity contribution < 1.29 is 4.74 Å². The third-order valence-electron chi connectivity index (χ3n) is 6.75. The predicted octanol–water partition coefficient (Wildman–Crippen LogP) is 6.53. The van der Waals surface area contributed by atoms with Crippen molar-refractivity contribution >= 4 is 53.2 Å². The maximum Gasteiger partial charge on any atom is 0.165 e. The predicted molar refractivity (Wildman–Crippen MR) is 154 cm³/mol. The highest BCUT2D eigenvalue weighted by molar-refractivity contribution is 7.70. The number of rotatable bonds is 5. The van der Waals surface area contributed by atoms with E-state index in [4.69, 9.17) is 42.8 Å². The van der Waals surface area contributed by atoms with Gasteiger partial charge in [0.15, 0.2) is 13.2 Å². The van der Waals surface area contributed by atoms with Crippen molar-refractivity contribution in [2.45, 2.75) is 45.9 Å². The summed E-state index contributed by atoms with van der Waals surface area (Å²) in [5.41, 5.74) is 2.34. The van der Waals surface area contributed by atoms with Gasteiger partial charge in [-0.1, -0.05) is 59.6 Å². The molecule has 0 spiro atoms. The normalized spacial score (nSPS) is 23.5. The Kier molecular flexibility index (Phi) is 7.68. The van der Waals surface area contributed by atoms with E-state index in [9.17, 15) is 5.26 Å². The molecule has 198 valence electrons. The lowest BCUT2D eigenvalue weighted by molar-refractivity contribution is -0.0442. The van der Waals surface area contributed by atoms with Crippen molar-refractivity contribution in [3.05, 3.63) is 69.8 Å². The van der Waals surface area contributed by atoms with E-state index in [-0.39, 0.29) is 12.2 Å². The van der Waals surface area contributed by atoms with Gasteiger partial charge in [0.05, 0.1) is 52.3 Å². The van der Waals surface area contributed by atoms with Crippen LogP contribution in [0.25, 0.3) is 0 Å². The number of amidine groups is 1. The lowest BCUT2D eigenvalue weighted by Crippen LogP contribution is -2.50. The van der Waals surface area contributed by atoms with Gasteiger partial charge in [-0.25, -0.2) is 19.1 Å². The summed E-state index contributed by atoms with van der Waals surface area (Å²) in [4.78, 5) is 5.16. The zero-order chi connectivity index (χ0) is 27.0. The van der Waals surface area contributed by atoms with Gasteiger partial charge >= 0.3 is 0 Å². The summed E-state index contributed by atoms with van der Waals surface area (Å²) in [5, 5.41) is 16.1. The topological polar surface area (TPSA) is 82.0 Å². The molecule has 0 bridgehead atoms. The quantitative estimate of drug-likeness (QED) is 0.326. The van der Waals surface area contributed by atoms with Gasteiger partial charge in [-0.05, 0) is 32.9 Å². The minimum atomic E-state index is -2.82. The number of hydrogen-bond acceptors (Lipinski definition) is 5. The van der Waals surface area contributed by atoms with Crippen molar-refractivity contribution in [3.63, 3.8) is 0 Å². The zero-order valence-corrected chi connectivity index (χ0v) is 24.3. The van der Waals surface area contributed by atoms with E-state index in [2.05, 4.69) is 29.3 Å². The molecular weight excluding hydrogens is 540 g/mol. The van der Waals surface area contributed by atoms with E-state index in [0.717, 1.165) is 28.2 Å². The maximum atomic E-state index is 9.33. The first-order chi connectivity index (χ1) is 18.3. The Bertz CT molecular complexity index is 1450. The second-order valence-electron chi connectivity index (χ2n) is 9.58. The van der Waals surface area contributed by atoms with E-state index < -0.39 is 7.36 Å². The highest BCUT2D eigenvalue weighted by Gasteiger charge is 2.47. The molecule has 2 aliphatic heterocycles. The fourth-order valence-corrected chi connectivity index (χ4v) is 9.91. The van der Waals surface area contributed by atoms with Crippen LogP contribution >= 0.6 is 30.6 Å². The molecular formula is C27H30Cl2N7OP. The van der Waals surface area contributed by atoms with Gasteiger partial charge in [0.1, 0.15) is 11.5 Å². The molecule has 8 nitrogen and oxygen atoms in total. The van der Waals surface area contributed by atoms with Crippen molar-refractivity contribution in [1.82, 2.24) is 19.1 Å². The number of fused-ring (bicyclic) bond motifs is 1. The van der Waals surface area contributed by atoms with E-state index >= 15 is 0 Å². The number of aryl methyl sites for hydroxylation is 2. The maximum absolute atomic E-state index is 9.33. The largest absolute Gasteiger partial charge is 0.373 e. The number of morpholine rings is 1. The molecule has 3 aromatic rings. The molecule has 1 fully saturated rings. The van der Waals surface area contributed by atoms with Crippen LogP contribution in [-0.4, -0.2) is 57.3 Å². The van der Waals surface area contributed by atoms with Crippen LogP contribution in [0.1, 0.15) is 31.5 Å². The molecule has 0 aliphatic carbocycles. The molecule has 0 N–H and O–H groups in total. The van der Waals surface area contributed by atoms with Crippen LogP contribution in [0.5, 0.6) is 0 Å². The smallest absolute Gasteiger partial charge is 0.165 e. The molecule has 0 radical (unpaired) electrons. The number of nitriles is 1. The zero-order valence-electron chi connectivity index (χ0n) is 21.8. The van der Waals surface area contributed by atoms with Gasteiger partial charge in [0.2, 0.25) is 0 Å². The summed E-state index contributed by atoms with van der Waals surface area (Å²) >= 11 is 13.5. The van der Waals surface area contributed by atoms with Gasteiger partial charge in [0.25, 0.3) is 0 Å². The van der Waals surface area contributed by atoms with Crippen LogP contribution in [0.2, 0.25) is 10.0 Å². The summed E-state index contributed by atoms with van der Waals surface area (Å²) in [7, 11) is -0.773. The first-order valence-corrected chi connectivity index (χ1v) is 15.0. The number of hydrogen-bond donors (Lipinski definition) is 0. The number of nitrogens with zero attached hydrogens (tertiary/aromatic N) is 7. The third-order valence-corrected chi connectivity index (χ3v) is 11.1. The van der Waals surface area contributed by atoms with Crippen LogP contribution in [0.3, 0.4) is 0 Å². The van der Waals surface area contributed by atoms with Crippen molar-refractivity contribution in [2.24, 2.45) is 9.74 Å². The minimum Gasteiger partial charge on any atom is -0.373 e. The molecule has 2 aromatic carbocycles. The minimum absolute atomic E-state index is 0.00243. The molecule has 1 aromatic heterocycles. The molecule has 1 saturated heterocycles. The van der Waals surface area contributed by atoms with Crippen LogP contribution in [0, 0.1) is 18.3 Å². The first kappa shape index (κ1) is 26.9. The number of aromatic nitrogens is 2. The van der Waals surface area contributed by atoms with E-state index in [1.54, 1.807) is 0 Å². The van der Waals surface area contributed by atoms with Gasteiger partial charge in [-0.3, -0.25) is 0 Å². The second kappa shape index (κ2) is 10.8. The van der Waals surface area contributed by atoms with E-state index in [1.165, 1.54) is 0 Å².